The van der Waals surface area contributed by atoms with Crippen LogP contribution in [0.4, 0.5) is 0 Å². The number of hydrogen-bond donors (Lipinski definition) is 2. The van der Waals surface area contributed by atoms with Crippen LogP contribution in [0, 0.1) is 17.8 Å². The Morgan fingerprint density at radius 1 is 1.15 bits per heavy atom. The van der Waals surface area contributed by atoms with Gasteiger partial charge in [-0.25, -0.2) is 0 Å². The first-order valence-corrected chi connectivity index (χ1v) is 7.15. The van der Waals surface area contributed by atoms with Crippen LogP contribution in [0.3, 0.4) is 0 Å². The van der Waals surface area contributed by atoms with Crippen LogP contribution in [0.2, 0.25) is 0 Å². The first-order chi connectivity index (χ1) is 9.40. The maximum Gasteiger partial charge on any atom is 0.244 e. The lowest BCUT2D eigenvalue weighted by Crippen LogP contribution is -2.32. The van der Waals surface area contributed by atoms with Gasteiger partial charge in [-0.1, -0.05) is 39.8 Å². The Labute approximate surface area is 121 Å². The Hall–Kier alpha value is -1.77. The van der Waals surface area contributed by atoms with E-state index in [-0.39, 0.29) is 11.7 Å². The molecule has 0 aromatic heterocycles. The molecule has 20 heavy (non-hydrogen) atoms. The van der Waals surface area contributed by atoms with Crippen molar-refractivity contribution < 1.29 is 9.90 Å². The van der Waals surface area contributed by atoms with Crippen molar-refractivity contribution in [1.29, 1.82) is 0 Å². The van der Waals surface area contributed by atoms with Crippen LogP contribution < -0.4 is 5.32 Å². The van der Waals surface area contributed by atoms with Crippen molar-refractivity contribution in [3.05, 3.63) is 35.9 Å². The fourth-order valence-electron chi connectivity index (χ4n) is 2.28. The van der Waals surface area contributed by atoms with Crippen molar-refractivity contribution in [2.45, 2.75) is 27.7 Å². The number of phenolic OH excluding ortho intramolecular Hbond substituents is 1. The largest absolute Gasteiger partial charge is 0.508 e. The number of carbonyl (C=O) groups excluding carboxylic acids is 1. The van der Waals surface area contributed by atoms with Crippen molar-refractivity contribution >= 4 is 12.0 Å². The summed E-state index contributed by atoms with van der Waals surface area (Å²) in [5, 5.41) is 12.1. The molecule has 0 aliphatic rings. The summed E-state index contributed by atoms with van der Waals surface area (Å²) in [4.78, 5) is 11.8. The minimum absolute atomic E-state index is 0.0793. The van der Waals surface area contributed by atoms with E-state index in [0.717, 1.165) is 5.56 Å². The number of benzene rings is 1. The van der Waals surface area contributed by atoms with Gasteiger partial charge in [0.05, 0.1) is 0 Å². The molecule has 0 bridgehead atoms. The average molecular weight is 275 g/mol. The molecule has 2 N–H and O–H groups in total. The summed E-state index contributed by atoms with van der Waals surface area (Å²) < 4.78 is 0. The van der Waals surface area contributed by atoms with Gasteiger partial charge in [-0.3, -0.25) is 4.79 Å². The van der Waals surface area contributed by atoms with E-state index < -0.39 is 0 Å². The van der Waals surface area contributed by atoms with Crippen molar-refractivity contribution in [3.63, 3.8) is 0 Å². The number of carbonyl (C=O) groups is 1. The van der Waals surface area contributed by atoms with Gasteiger partial charge >= 0.3 is 0 Å². The van der Waals surface area contributed by atoms with Crippen molar-refractivity contribution in [2.75, 3.05) is 6.54 Å². The second kappa shape index (κ2) is 7.73. The van der Waals surface area contributed by atoms with E-state index in [2.05, 4.69) is 33.0 Å². The maximum absolute atomic E-state index is 11.8. The maximum atomic E-state index is 11.8. The molecule has 1 aromatic carbocycles. The number of phenols is 1. The SMILES string of the molecule is CC(C)C(CNC(=O)/C=C/c1ccc(O)cc1)C(C)C. The van der Waals surface area contributed by atoms with Crippen molar-refractivity contribution in [1.82, 2.24) is 5.32 Å². The van der Waals surface area contributed by atoms with E-state index in [9.17, 15) is 9.90 Å². The van der Waals surface area contributed by atoms with E-state index in [4.69, 9.17) is 0 Å². The molecule has 0 radical (unpaired) electrons. The highest BCUT2D eigenvalue weighted by Crippen LogP contribution is 2.19. The van der Waals surface area contributed by atoms with Gasteiger partial charge in [0.1, 0.15) is 5.75 Å². The Balaban J connectivity index is 2.49. The van der Waals surface area contributed by atoms with Gasteiger partial charge in [-0.15, -0.1) is 0 Å². The molecule has 110 valence electrons. The van der Waals surface area contributed by atoms with Crippen LogP contribution in [0.5, 0.6) is 5.75 Å². The minimum Gasteiger partial charge on any atom is -0.508 e. The Morgan fingerprint density at radius 2 is 1.70 bits per heavy atom. The molecule has 3 heteroatoms. The fourth-order valence-corrected chi connectivity index (χ4v) is 2.28. The Kier molecular flexibility index (Phi) is 6.29. The third-order valence-electron chi connectivity index (χ3n) is 3.54. The molecule has 0 aliphatic carbocycles. The quantitative estimate of drug-likeness (QED) is 0.781. The number of hydrogen-bond acceptors (Lipinski definition) is 2. The standard InChI is InChI=1S/C17H25NO2/c1-12(2)16(13(3)4)11-18-17(20)10-7-14-5-8-15(19)9-6-14/h5-10,12-13,16,19H,11H2,1-4H3,(H,18,20)/b10-7+. The number of aromatic hydroxyl groups is 1. The summed E-state index contributed by atoms with van der Waals surface area (Å²) in [5.41, 5.74) is 0.891. The first-order valence-electron chi connectivity index (χ1n) is 7.15. The molecular formula is C17H25NO2. The normalized spacial score (nSPS) is 11.8. The molecule has 0 saturated heterocycles. The van der Waals surface area contributed by atoms with E-state index in [0.29, 0.717) is 24.3 Å². The van der Waals surface area contributed by atoms with E-state index in [1.54, 1.807) is 30.3 Å². The van der Waals surface area contributed by atoms with Gasteiger partial charge in [0.25, 0.3) is 0 Å². The zero-order valence-corrected chi connectivity index (χ0v) is 12.8. The monoisotopic (exact) mass is 275 g/mol. The predicted molar refractivity (Wildman–Crippen MR) is 83.3 cm³/mol. The lowest BCUT2D eigenvalue weighted by molar-refractivity contribution is -0.116. The summed E-state index contributed by atoms with van der Waals surface area (Å²) in [5.74, 6) is 1.74. The molecule has 1 aromatic rings. The third-order valence-corrected chi connectivity index (χ3v) is 3.54. The lowest BCUT2D eigenvalue weighted by atomic mass is 9.85. The number of nitrogens with one attached hydrogen (secondary N) is 1. The molecule has 0 saturated carbocycles. The zero-order valence-electron chi connectivity index (χ0n) is 12.8. The molecular weight excluding hydrogens is 250 g/mol. The average Bonchev–Trinajstić information content (AvgIpc) is 2.37. The second-order valence-electron chi connectivity index (χ2n) is 5.82. The molecule has 1 rings (SSSR count). The van der Waals surface area contributed by atoms with Gasteiger partial charge < -0.3 is 10.4 Å². The van der Waals surface area contributed by atoms with Gasteiger partial charge in [-0.05, 0) is 41.5 Å². The summed E-state index contributed by atoms with van der Waals surface area (Å²) in [7, 11) is 0. The van der Waals surface area contributed by atoms with E-state index >= 15 is 0 Å². The van der Waals surface area contributed by atoms with Crippen molar-refractivity contribution in [2.24, 2.45) is 17.8 Å². The summed E-state index contributed by atoms with van der Waals surface area (Å²) >= 11 is 0. The molecule has 0 fully saturated rings. The van der Waals surface area contributed by atoms with Gasteiger partial charge in [0.2, 0.25) is 5.91 Å². The lowest BCUT2D eigenvalue weighted by Gasteiger charge is -2.24. The molecule has 3 nitrogen and oxygen atoms in total. The molecule has 0 unspecified atom stereocenters. The van der Waals surface area contributed by atoms with Crippen LogP contribution in [0.1, 0.15) is 33.3 Å². The van der Waals surface area contributed by atoms with Crippen LogP contribution in [0.25, 0.3) is 6.08 Å². The van der Waals surface area contributed by atoms with Gasteiger partial charge in [0, 0.05) is 12.6 Å². The van der Waals surface area contributed by atoms with Crippen molar-refractivity contribution in [3.8, 4) is 5.75 Å². The predicted octanol–water partition coefficient (Wildman–Crippen LogP) is 3.45. The highest BCUT2D eigenvalue weighted by molar-refractivity contribution is 5.91. The topological polar surface area (TPSA) is 49.3 Å². The summed E-state index contributed by atoms with van der Waals surface area (Å²) in [6, 6.07) is 6.74. The first kappa shape index (κ1) is 16.3. The molecule has 0 atom stereocenters. The van der Waals surface area contributed by atoms with Crippen LogP contribution in [0.15, 0.2) is 30.3 Å². The number of rotatable bonds is 6. The Bertz CT molecular complexity index is 439. The zero-order chi connectivity index (χ0) is 15.1. The van der Waals surface area contributed by atoms with E-state index in [1.165, 1.54) is 6.08 Å². The molecule has 0 aliphatic heterocycles. The second-order valence-corrected chi connectivity index (χ2v) is 5.82. The number of amides is 1. The summed E-state index contributed by atoms with van der Waals surface area (Å²) in [6.45, 7) is 9.44. The molecule has 0 spiro atoms. The van der Waals surface area contributed by atoms with Gasteiger partial charge in [0.15, 0.2) is 0 Å². The van der Waals surface area contributed by atoms with E-state index in [1.807, 2.05) is 0 Å². The molecule has 1 amide bonds. The van der Waals surface area contributed by atoms with Gasteiger partial charge in [-0.2, -0.15) is 0 Å². The summed E-state index contributed by atoms with van der Waals surface area (Å²) in [6.07, 6.45) is 3.28. The smallest absolute Gasteiger partial charge is 0.244 e. The Morgan fingerprint density at radius 3 is 2.20 bits per heavy atom. The van der Waals surface area contributed by atoms with Crippen LogP contribution >= 0.6 is 0 Å². The van der Waals surface area contributed by atoms with Crippen LogP contribution in [-0.4, -0.2) is 17.6 Å². The third kappa shape index (κ3) is 5.47. The highest BCUT2D eigenvalue weighted by atomic mass is 16.3. The molecule has 0 heterocycles. The minimum atomic E-state index is -0.0793. The van der Waals surface area contributed by atoms with Crippen LogP contribution in [-0.2, 0) is 4.79 Å². The fraction of sp³-hybridized carbons (Fsp3) is 0.471. The highest BCUT2D eigenvalue weighted by Gasteiger charge is 2.17.